The summed E-state index contributed by atoms with van der Waals surface area (Å²) in [6, 6.07) is 4.35. The number of aryl methyl sites for hydroxylation is 1. The van der Waals surface area contributed by atoms with Gasteiger partial charge in [-0.05, 0) is 50.5 Å². The molecular weight excluding hydrogens is 346 g/mol. The smallest absolute Gasteiger partial charge is 0.410 e. The van der Waals surface area contributed by atoms with Gasteiger partial charge in [0.05, 0.1) is 13.2 Å². The number of aromatic nitrogens is 1. The average molecular weight is 372 g/mol. The normalized spacial score (nSPS) is 14.4. The predicted molar refractivity (Wildman–Crippen MR) is 107 cm³/mol. The maximum absolute atomic E-state index is 12.5. The molecule has 3 heterocycles. The molecule has 5 nitrogen and oxygen atoms in total. The van der Waals surface area contributed by atoms with Crippen molar-refractivity contribution in [3.63, 3.8) is 0 Å². The molecule has 1 amide bonds. The van der Waals surface area contributed by atoms with Gasteiger partial charge in [0.25, 0.3) is 0 Å². The summed E-state index contributed by atoms with van der Waals surface area (Å²) in [6.07, 6.45) is 1.51. The molecule has 1 aliphatic heterocycles. The van der Waals surface area contributed by atoms with E-state index in [0.717, 1.165) is 19.4 Å². The van der Waals surface area contributed by atoms with E-state index >= 15 is 0 Å². The van der Waals surface area contributed by atoms with Crippen LogP contribution in [0.5, 0.6) is 0 Å². The van der Waals surface area contributed by atoms with Crippen LogP contribution in [0.1, 0.15) is 23.2 Å². The summed E-state index contributed by atoms with van der Waals surface area (Å²) in [5.74, 6) is 0. The molecule has 0 fully saturated rings. The summed E-state index contributed by atoms with van der Waals surface area (Å²) in [5, 5.41) is 4.82. The lowest BCUT2D eigenvalue weighted by Gasteiger charge is -2.26. The Hall–Kier alpha value is -2.05. The molecule has 0 bridgehead atoms. The Morgan fingerprint density at radius 3 is 3.00 bits per heavy atom. The van der Waals surface area contributed by atoms with Gasteiger partial charge < -0.3 is 19.5 Å². The Kier molecular flexibility index (Phi) is 4.63. The monoisotopic (exact) mass is 371 g/mol. The Labute approximate surface area is 157 Å². The SMILES string of the molecule is Cc1csc2ccc3[nH]c4c(c3c12)CN(C(=O)OCCCN(C)C)CC4. The molecule has 0 saturated carbocycles. The summed E-state index contributed by atoms with van der Waals surface area (Å²) in [7, 11) is 4.05. The molecule has 0 aliphatic carbocycles. The average Bonchev–Trinajstić information content (AvgIpc) is 3.18. The molecule has 0 unspecified atom stereocenters. The van der Waals surface area contributed by atoms with E-state index in [2.05, 4.69) is 34.3 Å². The van der Waals surface area contributed by atoms with E-state index < -0.39 is 0 Å². The van der Waals surface area contributed by atoms with Gasteiger partial charge in [-0.3, -0.25) is 0 Å². The van der Waals surface area contributed by atoms with E-state index in [1.807, 2.05) is 19.0 Å². The summed E-state index contributed by atoms with van der Waals surface area (Å²) in [6.45, 7) is 4.89. The molecule has 0 spiro atoms. The minimum atomic E-state index is -0.196. The van der Waals surface area contributed by atoms with Crippen LogP contribution in [-0.2, 0) is 17.7 Å². The third kappa shape index (κ3) is 3.08. The highest BCUT2D eigenvalue weighted by Crippen LogP contribution is 2.37. The molecule has 4 rings (SSSR count). The summed E-state index contributed by atoms with van der Waals surface area (Å²) in [4.78, 5) is 20.0. The number of hydrogen-bond donors (Lipinski definition) is 1. The van der Waals surface area contributed by atoms with Gasteiger partial charge in [0.15, 0.2) is 0 Å². The highest BCUT2D eigenvalue weighted by atomic mass is 32.1. The van der Waals surface area contributed by atoms with Crippen LogP contribution in [0.15, 0.2) is 17.5 Å². The van der Waals surface area contributed by atoms with E-state index in [1.165, 1.54) is 37.8 Å². The largest absolute Gasteiger partial charge is 0.449 e. The van der Waals surface area contributed by atoms with Crippen molar-refractivity contribution in [2.45, 2.75) is 26.3 Å². The molecular formula is C20H25N3O2S. The third-order valence-electron chi connectivity index (χ3n) is 5.09. The van der Waals surface area contributed by atoms with E-state index in [4.69, 9.17) is 4.74 Å². The Morgan fingerprint density at radius 2 is 2.19 bits per heavy atom. The number of amides is 1. The molecule has 138 valence electrons. The van der Waals surface area contributed by atoms with Gasteiger partial charge in [0.2, 0.25) is 0 Å². The quantitative estimate of drug-likeness (QED) is 0.701. The van der Waals surface area contributed by atoms with Crippen LogP contribution in [0.4, 0.5) is 4.79 Å². The van der Waals surface area contributed by atoms with Crippen molar-refractivity contribution in [1.29, 1.82) is 0 Å². The van der Waals surface area contributed by atoms with Crippen LogP contribution in [0.2, 0.25) is 0 Å². The van der Waals surface area contributed by atoms with Crippen molar-refractivity contribution in [3.05, 3.63) is 34.3 Å². The van der Waals surface area contributed by atoms with Crippen LogP contribution < -0.4 is 0 Å². The molecule has 0 atom stereocenters. The lowest BCUT2D eigenvalue weighted by molar-refractivity contribution is 0.0949. The zero-order chi connectivity index (χ0) is 18.3. The first-order chi connectivity index (χ1) is 12.5. The van der Waals surface area contributed by atoms with E-state index in [0.29, 0.717) is 19.7 Å². The van der Waals surface area contributed by atoms with Gasteiger partial charge in [-0.2, -0.15) is 0 Å². The molecule has 1 aromatic carbocycles. The van der Waals surface area contributed by atoms with Crippen molar-refractivity contribution < 1.29 is 9.53 Å². The summed E-state index contributed by atoms with van der Waals surface area (Å²) < 4.78 is 6.79. The van der Waals surface area contributed by atoms with Crippen molar-refractivity contribution in [2.24, 2.45) is 0 Å². The Bertz CT molecular complexity index is 957. The van der Waals surface area contributed by atoms with Crippen molar-refractivity contribution >= 4 is 38.4 Å². The number of H-pyrrole nitrogens is 1. The van der Waals surface area contributed by atoms with Gasteiger partial charge >= 0.3 is 6.09 Å². The van der Waals surface area contributed by atoms with Gasteiger partial charge in [-0.15, -0.1) is 11.3 Å². The number of nitrogens with zero attached hydrogens (tertiary/aromatic N) is 2. The number of fused-ring (bicyclic) bond motifs is 5. The van der Waals surface area contributed by atoms with Crippen LogP contribution in [0.25, 0.3) is 21.0 Å². The summed E-state index contributed by atoms with van der Waals surface area (Å²) >= 11 is 1.78. The molecule has 3 aromatic rings. The molecule has 6 heteroatoms. The fourth-order valence-corrected chi connectivity index (χ4v) is 4.73. The fourth-order valence-electron chi connectivity index (χ4n) is 3.78. The number of thiophene rings is 1. The second-order valence-electron chi connectivity index (χ2n) is 7.30. The second-order valence-corrected chi connectivity index (χ2v) is 8.22. The van der Waals surface area contributed by atoms with Crippen molar-refractivity contribution in [2.75, 3.05) is 33.8 Å². The van der Waals surface area contributed by atoms with Crippen LogP contribution in [0, 0.1) is 6.92 Å². The number of carbonyl (C=O) groups is 1. The molecule has 0 radical (unpaired) electrons. The minimum Gasteiger partial charge on any atom is -0.449 e. The Balaban J connectivity index is 1.57. The number of carbonyl (C=O) groups excluding carboxylic acids is 1. The number of rotatable bonds is 4. The lowest BCUT2D eigenvalue weighted by Crippen LogP contribution is -2.36. The molecule has 1 N–H and O–H groups in total. The van der Waals surface area contributed by atoms with E-state index in [9.17, 15) is 4.79 Å². The first kappa shape index (κ1) is 17.4. The van der Waals surface area contributed by atoms with Crippen LogP contribution in [-0.4, -0.2) is 54.7 Å². The van der Waals surface area contributed by atoms with Gasteiger partial charge in [-0.25, -0.2) is 4.79 Å². The molecule has 0 saturated heterocycles. The highest BCUT2D eigenvalue weighted by molar-refractivity contribution is 7.17. The second kappa shape index (κ2) is 6.93. The highest BCUT2D eigenvalue weighted by Gasteiger charge is 2.26. The lowest BCUT2D eigenvalue weighted by atomic mass is 10.0. The first-order valence-corrected chi connectivity index (χ1v) is 9.99. The Morgan fingerprint density at radius 1 is 1.35 bits per heavy atom. The topological polar surface area (TPSA) is 48.6 Å². The first-order valence-electron chi connectivity index (χ1n) is 9.11. The fraction of sp³-hybridized carbons (Fsp3) is 0.450. The van der Waals surface area contributed by atoms with Gasteiger partial charge in [-0.1, -0.05) is 0 Å². The zero-order valence-corrected chi connectivity index (χ0v) is 16.4. The van der Waals surface area contributed by atoms with E-state index in [-0.39, 0.29) is 6.09 Å². The molecule has 2 aromatic heterocycles. The maximum Gasteiger partial charge on any atom is 0.410 e. The van der Waals surface area contributed by atoms with Crippen LogP contribution in [0.3, 0.4) is 0 Å². The van der Waals surface area contributed by atoms with Gasteiger partial charge in [0.1, 0.15) is 0 Å². The van der Waals surface area contributed by atoms with Crippen molar-refractivity contribution in [3.8, 4) is 0 Å². The zero-order valence-electron chi connectivity index (χ0n) is 15.6. The molecule has 26 heavy (non-hydrogen) atoms. The molecule has 1 aliphatic rings. The van der Waals surface area contributed by atoms with Gasteiger partial charge in [0, 0.05) is 51.8 Å². The number of nitrogens with one attached hydrogen (secondary N) is 1. The third-order valence-corrected chi connectivity index (χ3v) is 6.16. The van der Waals surface area contributed by atoms with Crippen LogP contribution >= 0.6 is 11.3 Å². The number of hydrogen-bond acceptors (Lipinski definition) is 4. The minimum absolute atomic E-state index is 0.196. The van der Waals surface area contributed by atoms with E-state index in [1.54, 1.807) is 11.3 Å². The maximum atomic E-state index is 12.5. The number of ether oxygens (including phenoxy) is 1. The number of aromatic amines is 1. The predicted octanol–water partition coefficient (Wildman–Crippen LogP) is 4.14. The number of benzene rings is 1. The summed E-state index contributed by atoms with van der Waals surface area (Å²) in [5.41, 5.74) is 4.99. The standard InChI is InChI=1S/C20H25N3O2S/c1-13-12-26-17-6-5-16-19(18(13)17)14-11-23(9-7-15(14)21-16)20(24)25-10-4-8-22(2)3/h5-6,12,21H,4,7-11H2,1-3H3. The van der Waals surface area contributed by atoms with Crippen molar-refractivity contribution in [1.82, 2.24) is 14.8 Å².